The Balaban J connectivity index is 2.40. The third-order valence-corrected chi connectivity index (χ3v) is 3.47. The summed E-state index contributed by atoms with van der Waals surface area (Å²) in [5, 5.41) is 4.64. The summed E-state index contributed by atoms with van der Waals surface area (Å²) in [7, 11) is 0. The maximum absolute atomic E-state index is 12.1. The summed E-state index contributed by atoms with van der Waals surface area (Å²) in [5.41, 5.74) is 2.49. The zero-order valence-electron chi connectivity index (χ0n) is 10.8. The number of aromatic nitrogens is 1. The Morgan fingerprint density at radius 3 is 2.89 bits per heavy atom. The molecule has 1 aromatic carbocycles. The zero-order chi connectivity index (χ0) is 13.3. The number of fused-ring (bicyclic) bond motifs is 1. The van der Waals surface area contributed by atoms with Crippen LogP contribution in [0.15, 0.2) is 18.2 Å². The molecule has 1 unspecified atom stereocenters. The molecule has 1 amide bonds. The number of aryl methyl sites for hydroxylation is 1. The van der Waals surface area contributed by atoms with Crippen LogP contribution in [0.2, 0.25) is 5.02 Å². The van der Waals surface area contributed by atoms with Crippen LogP contribution in [0.3, 0.4) is 0 Å². The largest absolute Gasteiger partial charge is 0.350 e. The van der Waals surface area contributed by atoms with E-state index in [1.807, 2.05) is 39.0 Å². The van der Waals surface area contributed by atoms with Crippen LogP contribution in [0.25, 0.3) is 10.9 Å². The number of aromatic amines is 1. The predicted octanol–water partition coefficient (Wildman–Crippen LogP) is 3.66. The van der Waals surface area contributed by atoms with Gasteiger partial charge in [0.15, 0.2) is 0 Å². The highest BCUT2D eigenvalue weighted by molar-refractivity contribution is 6.31. The molecule has 0 saturated heterocycles. The van der Waals surface area contributed by atoms with Gasteiger partial charge in [0, 0.05) is 22.0 Å². The van der Waals surface area contributed by atoms with Gasteiger partial charge in [-0.05, 0) is 44.0 Å². The molecule has 0 spiro atoms. The van der Waals surface area contributed by atoms with Crippen LogP contribution in [0.1, 0.15) is 36.3 Å². The lowest BCUT2D eigenvalue weighted by atomic mass is 10.1. The lowest BCUT2D eigenvalue weighted by Gasteiger charge is -2.10. The highest BCUT2D eigenvalue weighted by atomic mass is 35.5. The molecule has 1 heterocycles. The molecule has 1 atom stereocenters. The van der Waals surface area contributed by atoms with Gasteiger partial charge in [-0.3, -0.25) is 4.79 Å². The third-order valence-electron chi connectivity index (χ3n) is 3.24. The van der Waals surface area contributed by atoms with Crippen LogP contribution in [-0.2, 0) is 0 Å². The smallest absolute Gasteiger partial charge is 0.268 e. The van der Waals surface area contributed by atoms with E-state index in [-0.39, 0.29) is 11.9 Å². The van der Waals surface area contributed by atoms with Crippen molar-refractivity contribution in [2.45, 2.75) is 33.2 Å². The van der Waals surface area contributed by atoms with Gasteiger partial charge in [-0.1, -0.05) is 18.5 Å². The topological polar surface area (TPSA) is 44.9 Å². The molecule has 3 nitrogen and oxygen atoms in total. The molecule has 0 bridgehead atoms. The van der Waals surface area contributed by atoms with Gasteiger partial charge in [0.2, 0.25) is 0 Å². The lowest BCUT2D eigenvalue weighted by Crippen LogP contribution is -2.32. The standard InChI is InChI=1S/C14H17ClN2O/c1-4-8(2)16-14(18)13-9(3)11-7-10(15)5-6-12(11)17-13/h5-8,17H,4H2,1-3H3,(H,16,18). The molecule has 1 aromatic heterocycles. The van der Waals surface area contributed by atoms with Crippen molar-refractivity contribution in [3.8, 4) is 0 Å². The van der Waals surface area contributed by atoms with E-state index in [9.17, 15) is 4.79 Å². The molecule has 0 fully saturated rings. The van der Waals surface area contributed by atoms with E-state index < -0.39 is 0 Å². The fourth-order valence-corrected chi connectivity index (χ4v) is 2.10. The van der Waals surface area contributed by atoms with Crippen LogP contribution in [-0.4, -0.2) is 16.9 Å². The molecule has 2 rings (SSSR count). The summed E-state index contributed by atoms with van der Waals surface area (Å²) in [4.78, 5) is 15.3. The molecule has 0 radical (unpaired) electrons. The number of carbonyl (C=O) groups is 1. The maximum atomic E-state index is 12.1. The number of benzene rings is 1. The van der Waals surface area contributed by atoms with Gasteiger partial charge >= 0.3 is 0 Å². The molecule has 96 valence electrons. The lowest BCUT2D eigenvalue weighted by molar-refractivity contribution is 0.0934. The van der Waals surface area contributed by atoms with Gasteiger partial charge < -0.3 is 10.3 Å². The summed E-state index contributed by atoms with van der Waals surface area (Å²) < 4.78 is 0. The minimum Gasteiger partial charge on any atom is -0.350 e. The SMILES string of the molecule is CCC(C)NC(=O)c1[nH]c2ccc(Cl)cc2c1C. The Labute approximate surface area is 112 Å². The van der Waals surface area contributed by atoms with Gasteiger partial charge in [-0.25, -0.2) is 0 Å². The van der Waals surface area contributed by atoms with E-state index in [1.54, 1.807) is 0 Å². The quantitative estimate of drug-likeness (QED) is 0.873. The number of carbonyl (C=O) groups excluding carboxylic acids is 1. The van der Waals surface area contributed by atoms with Crippen molar-refractivity contribution in [2.75, 3.05) is 0 Å². The average Bonchev–Trinajstić information content (AvgIpc) is 2.66. The summed E-state index contributed by atoms with van der Waals surface area (Å²) in [5.74, 6) is -0.0610. The second-order valence-corrected chi connectivity index (χ2v) is 5.03. The van der Waals surface area contributed by atoms with Crippen molar-refractivity contribution >= 4 is 28.4 Å². The third kappa shape index (κ3) is 2.36. The Hall–Kier alpha value is -1.48. The number of hydrogen-bond donors (Lipinski definition) is 2. The number of H-pyrrole nitrogens is 1. The van der Waals surface area contributed by atoms with Crippen molar-refractivity contribution in [3.63, 3.8) is 0 Å². The first kappa shape index (κ1) is 13.0. The summed E-state index contributed by atoms with van der Waals surface area (Å²) in [6.07, 6.45) is 0.914. The van der Waals surface area contributed by atoms with Gasteiger partial charge in [0.05, 0.1) is 0 Å². The van der Waals surface area contributed by atoms with Crippen molar-refractivity contribution in [1.82, 2.24) is 10.3 Å². The van der Waals surface area contributed by atoms with Crippen LogP contribution < -0.4 is 5.32 Å². The van der Waals surface area contributed by atoms with Gasteiger partial charge in [0.1, 0.15) is 5.69 Å². The average molecular weight is 265 g/mol. The molecular formula is C14H17ClN2O. The number of amides is 1. The molecular weight excluding hydrogens is 248 g/mol. The van der Waals surface area contributed by atoms with Crippen LogP contribution in [0.4, 0.5) is 0 Å². The molecule has 2 N–H and O–H groups in total. The highest BCUT2D eigenvalue weighted by Gasteiger charge is 2.15. The first-order valence-electron chi connectivity index (χ1n) is 6.11. The minimum atomic E-state index is -0.0610. The zero-order valence-corrected chi connectivity index (χ0v) is 11.6. The molecule has 0 saturated carbocycles. The van der Waals surface area contributed by atoms with Crippen molar-refractivity contribution in [2.24, 2.45) is 0 Å². The van der Waals surface area contributed by atoms with E-state index in [0.29, 0.717) is 10.7 Å². The fourth-order valence-electron chi connectivity index (χ4n) is 1.92. The summed E-state index contributed by atoms with van der Waals surface area (Å²) in [6, 6.07) is 5.76. The van der Waals surface area contributed by atoms with Crippen LogP contribution >= 0.6 is 11.6 Å². The number of rotatable bonds is 3. The first-order valence-corrected chi connectivity index (χ1v) is 6.49. The van der Waals surface area contributed by atoms with Crippen molar-refractivity contribution in [1.29, 1.82) is 0 Å². The molecule has 0 aliphatic heterocycles. The minimum absolute atomic E-state index is 0.0610. The van der Waals surface area contributed by atoms with Crippen LogP contribution in [0, 0.1) is 6.92 Å². The maximum Gasteiger partial charge on any atom is 0.268 e. The number of nitrogens with one attached hydrogen (secondary N) is 2. The van der Waals surface area contributed by atoms with Gasteiger partial charge in [-0.2, -0.15) is 0 Å². The fraction of sp³-hybridized carbons (Fsp3) is 0.357. The van der Waals surface area contributed by atoms with Gasteiger partial charge in [0.25, 0.3) is 5.91 Å². The summed E-state index contributed by atoms with van der Waals surface area (Å²) >= 11 is 5.97. The Bertz CT molecular complexity index is 589. The van der Waals surface area contributed by atoms with Crippen molar-refractivity contribution < 1.29 is 4.79 Å². The van der Waals surface area contributed by atoms with E-state index in [4.69, 9.17) is 11.6 Å². The highest BCUT2D eigenvalue weighted by Crippen LogP contribution is 2.24. The normalized spacial score (nSPS) is 12.7. The molecule has 0 aliphatic carbocycles. The Morgan fingerprint density at radius 2 is 2.22 bits per heavy atom. The number of hydrogen-bond acceptors (Lipinski definition) is 1. The monoisotopic (exact) mass is 264 g/mol. The molecule has 0 aliphatic rings. The van der Waals surface area contributed by atoms with E-state index >= 15 is 0 Å². The Morgan fingerprint density at radius 1 is 1.50 bits per heavy atom. The second kappa shape index (κ2) is 5.02. The first-order chi connectivity index (χ1) is 8.52. The predicted molar refractivity (Wildman–Crippen MR) is 75.3 cm³/mol. The Kier molecular flexibility index (Phi) is 3.62. The molecule has 18 heavy (non-hydrogen) atoms. The number of halogens is 1. The van der Waals surface area contributed by atoms with E-state index in [2.05, 4.69) is 10.3 Å². The van der Waals surface area contributed by atoms with Crippen molar-refractivity contribution in [3.05, 3.63) is 34.5 Å². The van der Waals surface area contributed by atoms with E-state index in [1.165, 1.54) is 0 Å². The summed E-state index contributed by atoms with van der Waals surface area (Å²) in [6.45, 7) is 5.97. The molecule has 2 aromatic rings. The van der Waals surface area contributed by atoms with E-state index in [0.717, 1.165) is 22.9 Å². The van der Waals surface area contributed by atoms with Crippen LogP contribution in [0.5, 0.6) is 0 Å². The second-order valence-electron chi connectivity index (χ2n) is 4.60. The van der Waals surface area contributed by atoms with Gasteiger partial charge in [-0.15, -0.1) is 0 Å². The molecule has 4 heteroatoms.